The summed E-state index contributed by atoms with van der Waals surface area (Å²) in [6, 6.07) is 0. The van der Waals surface area contributed by atoms with Crippen molar-refractivity contribution in [2.24, 2.45) is 0 Å². The largest absolute Gasteiger partial charge is 0.382 e. The van der Waals surface area contributed by atoms with Crippen LogP contribution in [-0.4, -0.2) is 15.5 Å². The van der Waals surface area contributed by atoms with Gasteiger partial charge in [0.15, 0.2) is 5.82 Å². The molecule has 0 aromatic carbocycles. The molecule has 1 aromatic heterocycles. The molecule has 0 spiro atoms. The number of anilines is 2. The van der Waals surface area contributed by atoms with Crippen molar-refractivity contribution in [3.63, 3.8) is 0 Å². The van der Waals surface area contributed by atoms with Gasteiger partial charge < -0.3 is 11.1 Å². The molecule has 3 N–H and O–H groups in total. The Morgan fingerprint density at radius 1 is 1.38 bits per heavy atom. The Balaban J connectivity index is 2.96. The molecule has 0 aliphatic heterocycles. The van der Waals surface area contributed by atoms with Crippen LogP contribution in [0.25, 0.3) is 0 Å². The van der Waals surface area contributed by atoms with Crippen LogP contribution in [-0.2, 0) is 0 Å². The van der Waals surface area contributed by atoms with E-state index in [1.807, 2.05) is 20.8 Å². The fourth-order valence-electron chi connectivity index (χ4n) is 0.826. The summed E-state index contributed by atoms with van der Waals surface area (Å²) in [5.74, 6) is 0.866. The molecule has 0 aliphatic carbocycles. The maximum atomic E-state index is 5.89. The highest BCUT2D eigenvalue weighted by Gasteiger charge is 2.14. The lowest BCUT2D eigenvalue weighted by atomic mass is 10.1. The van der Waals surface area contributed by atoms with E-state index in [4.69, 9.17) is 17.3 Å². The van der Waals surface area contributed by atoms with Gasteiger partial charge >= 0.3 is 0 Å². The third kappa shape index (κ3) is 2.73. The molecule has 0 saturated carbocycles. The Hall–Kier alpha value is -1.03. The van der Waals surface area contributed by atoms with Crippen molar-refractivity contribution in [3.05, 3.63) is 11.3 Å². The van der Waals surface area contributed by atoms with Gasteiger partial charge in [-0.2, -0.15) is 0 Å². The number of nitrogen functional groups attached to an aromatic ring is 1. The lowest BCUT2D eigenvalue weighted by molar-refractivity contribution is 0.630. The number of hydrogen-bond acceptors (Lipinski definition) is 4. The molecular weight excluding hydrogens is 188 g/mol. The van der Waals surface area contributed by atoms with E-state index >= 15 is 0 Å². The predicted octanol–water partition coefficient (Wildman–Crippen LogP) is 1.92. The monoisotopic (exact) mass is 200 g/mol. The summed E-state index contributed by atoms with van der Waals surface area (Å²) >= 11 is 5.89. The Labute approximate surface area is 82.5 Å². The van der Waals surface area contributed by atoms with Crippen molar-refractivity contribution >= 4 is 23.2 Å². The average Bonchev–Trinajstić information content (AvgIpc) is 1.96. The van der Waals surface area contributed by atoms with Crippen LogP contribution in [0, 0.1) is 0 Å². The van der Waals surface area contributed by atoms with Crippen LogP contribution in [0.3, 0.4) is 0 Å². The quantitative estimate of drug-likeness (QED) is 0.727. The summed E-state index contributed by atoms with van der Waals surface area (Å²) in [5, 5.41) is 3.50. The molecule has 1 heterocycles. The average molecular weight is 201 g/mol. The SMILES string of the molecule is CC(C)(C)Nc1ncnc(N)c1Cl. The first kappa shape index (κ1) is 10.1. The maximum Gasteiger partial charge on any atom is 0.150 e. The van der Waals surface area contributed by atoms with E-state index in [0.717, 1.165) is 0 Å². The van der Waals surface area contributed by atoms with Gasteiger partial charge in [0.2, 0.25) is 0 Å². The Bertz CT molecular complexity index is 306. The third-order valence-electron chi connectivity index (χ3n) is 1.31. The van der Waals surface area contributed by atoms with E-state index in [-0.39, 0.29) is 5.54 Å². The zero-order chi connectivity index (χ0) is 10.1. The van der Waals surface area contributed by atoms with Gasteiger partial charge in [-0.15, -0.1) is 0 Å². The number of nitrogens with zero attached hydrogens (tertiary/aromatic N) is 2. The summed E-state index contributed by atoms with van der Waals surface area (Å²) < 4.78 is 0. The van der Waals surface area contributed by atoms with Gasteiger partial charge in [-0.1, -0.05) is 11.6 Å². The van der Waals surface area contributed by atoms with Gasteiger partial charge in [0.05, 0.1) is 0 Å². The minimum atomic E-state index is -0.0928. The van der Waals surface area contributed by atoms with Crippen LogP contribution in [0.2, 0.25) is 5.02 Å². The number of halogens is 1. The molecule has 0 unspecified atom stereocenters. The van der Waals surface area contributed by atoms with E-state index in [1.54, 1.807) is 0 Å². The van der Waals surface area contributed by atoms with E-state index in [1.165, 1.54) is 6.33 Å². The van der Waals surface area contributed by atoms with Crippen LogP contribution < -0.4 is 11.1 Å². The summed E-state index contributed by atoms with van der Waals surface area (Å²) in [4.78, 5) is 7.75. The Morgan fingerprint density at radius 3 is 2.54 bits per heavy atom. The van der Waals surface area contributed by atoms with Gasteiger partial charge in [0.25, 0.3) is 0 Å². The lowest BCUT2D eigenvalue weighted by Gasteiger charge is -2.21. The van der Waals surface area contributed by atoms with Gasteiger partial charge in [-0.25, -0.2) is 9.97 Å². The molecule has 0 atom stereocenters. The molecule has 72 valence electrons. The second kappa shape index (κ2) is 3.38. The highest BCUT2D eigenvalue weighted by atomic mass is 35.5. The van der Waals surface area contributed by atoms with Crippen LogP contribution in [0.5, 0.6) is 0 Å². The molecule has 0 bridgehead atoms. The number of rotatable bonds is 1. The molecule has 5 heteroatoms. The van der Waals surface area contributed by atoms with E-state index in [0.29, 0.717) is 16.7 Å². The molecule has 0 fully saturated rings. The van der Waals surface area contributed by atoms with E-state index in [9.17, 15) is 0 Å². The molecule has 1 aromatic rings. The summed E-state index contributed by atoms with van der Waals surface area (Å²) in [6.07, 6.45) is 1.38. The molecule has 1 rings (SSSR count). The van der Waals surface area contributed by atoms with E-state index < -0.39 is 0 Å². The Kier molecular flexibility index (Phi) is 2.61. The topological polar surface area (TPSA) is 63.8 Å². The zero-order valence-electron chi connectivity index (χ0n) is 7.93. The van der Waals surface area contributed by atoms with Crippen LogP contribution in [0.4, 0.5) is 11.6 Å². The van der Waals surface area contributed by atoms with Crippen LogP contribution in [0.15, 0.2) is 6.33 Å². The second-order valence-electron chi connectivity index (χ2n) is 3.80. The zero-order valence-corrected chi connectivity index (χ0v) is 8.68. The third-order valence-corrected chi connectivity index (χ3v) is 1.68. The first-order chi connectivity index (χ1) is 5.90. The Morgan fingerprint density at radius 2 is 2.00 bits per heavy atom. The fraction of sp³-hybridized carbons (Fsp3) is 0.500. The first-order valence-electron chi connectivity index (χ1n) is 3.94. The highest BCUT2D eigenvalue weighted by Crippen LogP contribution is 2.25. The van der Waals surface area contributed by atoms with Crippen molar-refractivity contribution < 1.29 is 0 Å². The number of aromatic nitrogens is 2. The predicted molar refractivity (Wildman–Crippen MR) is 54.8 cm³/mol. The van der Waals surface area contributed by atoms with Crippen molar-refractivity contribution in [1.29, 1.82) is 0 Å². The minimum absolute atomic E-state index is 0.0928. The summed E-state index contributed by atoms with van der Waals surface area (Å²) in [5.41, 5.74) is 5.42. The maximum absolute atomic E-state index is 5.89. The van der Waals surface area contributed by atoms with Gasteiger partial charge in [-0.3, -0.25) is 0 Å². The fourth-order valence-corrected chi connectivity index (χ4v) is 0.971. The molecule has 0 saturated heterocycles. The van der Waals surface area contributed by atoms with Crippen molar-refractivity contribution in [3.8, 4) is 0 Å². The molecule has 4 nitrogen and oxygen atoms in total. The van der Waals surface area contributed by atoms with Crippen molar-refractivity contribution in [1.82, 2.24) is 9.97 Å². The number of hydrogen-bond donors (Lipinski definition) is 2. The molecule has 0 radical (unpaired) electrons. The van der Waals surface area contributed by atoms with Crippen molar-refractivity contribution in [2.75, 3.05) is 11.1 Å². The smallest absolute Gasteiger partial charge is 0.150 e. The first-order valence-corrected chi connectivity index (χ1v) is 4.32. The van der Waals surface area contributed by atoms with Crippen molar-refractivity contribution in [2.45, 2.75) is 26.3 Å². The minimum Gasteiger partial charge on any atom is -0.382 e. The molecular formula is C8H13ClN4. The number of nitrogens with one attached hydrogen (secondary N) is 1. The second-order valence-corrected chi connectivity index (χ2v) is 4.17. The normalized spacial score (nSPS) is 11.4. The van der Waals surface area contributed by atoms with E-state index in [2.05, 4.69) is 15.3 Å². The number of nitrogens with two attached hydrogens (primary N) is 1. The summed E-state index contributed by atoms with van der Waals surface area (Å²) in [6.45, 7) is 6.05. The van der Waals surface area contributed by atoms with Gasteiger partial charge in [0, 0.05) is 5.54 Å². The molecule has 0 aliphatic rings. The molecule has 0 amide bonds. The summed E-state index contributed by atoms with van der Waals surface area (Å²) in [7, 11) is 0. The standard InChI is InChI=1S/C8H13ClN4/c1-8(2,3)13-7-5(9)6(10)11-4-12-7/h4H,1-3H3,(H3,10,11,12,13). The van der Waals surface area contributed by atoms with Gasteiger partial charge in [0.1, 0.15) is 17.2 Å². The van der Waals surface area contributed by atoms with Crippen LogP contribution >= 0.6 is 11.6 Å². The lowest BCUT2D eigenvalue weighted by Crippen LogP contribution is -2.27. The van der Waals surface area contributed by atoms with Gasteiger partial charge in [-0.05, 0) is 20.8 Å². The van der Waals surface area contributed by atoms with Crippen LogP contribution in [0.1, 0.15) is 20.8 Å². The molecule has 13 heavy (non-hydrogen) atoms. The highest BCUT2D eigenvalue weighted by molar-refractivity contribution is 6.35.